The molecule has 0 spiro atoms. The number of aliphatic carboxylic acids is 1. The van der Waals surface area contributed by atoms with Gasteiger partial charge in [-0.05, 0) is 30.2 Å². The lowest BCUT2D eigenvalue weighted by atomic mass is 10.0. The first kappa shape index (κ1) is 14.5. The first-order valence-corrected chi connectivity index (χ1v) is 6.02. The van der Waals surface area contributed by atoms with Gasteiger partial charge in [-0.25, -0.2) is 0 Å². The van der Waals surface area contributed by atoms with Crippen molar-refractivity contribution in [2.75, 3.05) is 11.9 Å². The molecule has 0 radical (unpaired) electrons. The van der Waals surface area contributed by atoms with Crippen LogP contribution in [-0.4, -0.2) is 24.0 Å². The topological polar surface area (TPSA) is 57.6 Å². The smallest absolute Gasteiger partial charge is 0.303 e. The van der Waals surface area contributed by atoms with Gasteiger partial charge in [-0.15, -0.1) is 0 Å². The fraction of sp³-hybridized carbons (Fsp3) is 0.385. The maximum absolute atomic E-state index is 11.9. The van der Waals surface area contributed by atoms with Crippen molar-refractivity contribution in [3.8, 4) is 0 Å². The predicted octanol–water partition coefficient (Wildman–Crippen LogP) is 2.80. The van der Waals surface area contributed by atoms with Crippen LogP contribution in [-0.2, 0) is 9.59 Å². The highest BCUT2D eigenvalue weighted by molar-refractivity contribution is 6.30. The van der Waals surface area contributed by atoms with E-state index in [1.165, 1.54) is 4.90 Å². The molecule has 0 aliphatic rings. The number of carboxylic acid groups (broad SMARTS) is 1. The van der Waals surface area contributed by atoms with E-state index < -0.39 is 5.97 Å². The summed E-state index contributed by atoms with van der Waals surface area (Å²) >= 11 is 5.77. The Morgan fingerprint density at radius 2 is 1.83 bits per heavy atom. The minimum atomic E-state index is -0.885. The zero-order chi connectivity index (χ0) is 13.7. The Kier molecular flexibility index (Phi) is 5.16. The minimum Gasteiger partial charge on any atom is -0.481 e. The van der Waals surface area contributed by atoms with Crippen molar-refractivity contribution >= 4 is 29.2 Å². The van der Waals surface area contributed by atoms with Crippen molar-refractivity contribution < 1.29 is 14.7 Å². The van der Waals surface area contributed by atoms with Gasteiger partial charge in [-0.2, -0.15) is 0 Å². The molecule has 0 aromatic heterocycles. The summed E-state index contributed by atoms with van der Waals surface area (Å²) in [5.41, 5.74) is 0.743. The first-order chi connectivity index (χ1) is 8.40. The molecule has 0 saturated heterocycles. The Bertz CT molecular complexity index is 430. The maximum Gasteiger partial charge on any atom is 0.303 e. The molecule has 4 nitrogen and oxygen atoms in total. The van der Waals surface area contributed by atoms with E-state index in [0.717, 1.165) is 5.69 Å². The number of anilines is 1. The van der Waals surface area contributed by atoms with Gasteiger partial charge >= 0.3 is 5.97 Å². The van der Waals surface area contributed by atoms with E-state index >= 15 is 0 Å². The summed E-state index contributed by atoms with van der Waals surface area (Å²) in [6.07, 6.45) is 0.214. The second-order valence-corrected chi connectivity index (χ2v) is 4.77. The van der Waals surface area contributed by atoms with Gasteiger partial charge in [0.2, 0.25) is 5.91 Å². The lowest BCUT2D eigenvalue weighted by molar-refractivity contribution is -0.138. The normalized spacial score (nSPS) is 11.9. The molecular weight excluding hydrogens is 254 g/mol. The third-order valence-corrected chi connectivity index (χ3v) is 2.89. The Morgan fingerprint density at radius 3 is 2.33 bits per heavy atom. The summed E-state index contributed by atoms with van der Waals surface area (Å²) < 4.78 is 0. The zero-order valence-electron chi connectivity index (χ0n) is 10.4. The summed E-state index contributed by atoms with van der Waals surface area (Å²) in [4.78, 5) is 24.0. The molecule has 1 amide bonds. The number of halogens is 1. The summed E-state index contributed by atoms with van der Waals surface area (Å²) in [6.45, 7) is 1.75. The number of carboxylic acids is 1. The second kappa shape index (κ2) is 6.40. The third kappa shape index (κ3) is 4.37. The molecule has 0 bridgehead atoms. The van der Waals surface area contributed by atoms with Crippen LogP contribution in [0.15, 0.2) is 24.3 Å². The van der Waals surface area contributed by atoms with Gasteiger partial charge in [0.15, 0.2) is 0 Å². The molecule has 1 rings (SSSR count). The van der Waals surface area contributed by atoms with Crippen LogP contribution in [0, 0.1) is 5.92 Å². The van der Waals surface area contributed by atoms with Crippen LogP contribution in [0.25, 0.3) is 0 Å². The van der Waals surface area contributed by atoms with Crippen molar-refractivity contribution in [1.29, 1.82) is 0 Å². The monoisotopic (exact) mass is 269 g/mol. The van der Waals surface area contributed by atoms with E-state index in [2.05, 4.69) is 0 Å². The van der Waals surface area contributed by atoms with Gasteiger partial charge in [0.25, 0.3) is 0 Å². The number of hydrogen-bond donors (Lipinski definition) is 1. The van der Waals surface area contributed by atoms with Crippen molar-refractivity contribution in [1.82, 2.24) is 0 Å². The molecule has 0 aliphatic heterocycles. The van der Waals surface area contributed by atoms with Crippen LogP contribution >= 0.6 is 11.6 Å². The third-order valence-electron chi connectivity index (χ3n) is 2.63. The number of amides is 1. The molecule has 1 N–H and O–H groups in total. The van der Waals surface area contributed by atoms with E-state index in [-0.39, 0.29) is 24.7 Å². The van der Waals surface area contributed by atoms with Gasteiger partial charge in [0, 0.05) is 30.6 Å². The average Bonchev–Trinajstić information content (AvgIpc) is 2.27. The van der Waals surface area contributed by atoms with E-state index in [4.69, 9.17) is 16.7 Å². The van der Waals surface area contributed by atoms with Gasteiger partial charge in [-0.1, -0.05) is 18.5 Å². The highest BCUT2D eigenvalue weighted by Crippen LogP contribution is 2.19. The molecule has 1 aromatic rings. The fourth-order valence-corrected chi connectivity index (χ4v) is 1.74. The number of benzene rings is 1. The molecule has 1 unspecified atom stereocenters. The molecule has 1 aromatic carbocycles. The molecule has 98 valence electrons. The van der Waals surface area contributed by atoms with E-state index in [0.29, 0.717) is 5.02 Å². The number of nitrogens with zero attached hydrogens (tertiary/aromatic N) is 1. The van der Waals surface area contributed by atoms with Crippen LogP contribution in [0.1, 0.15) is 19.8 Å². The lowest BCUT2D eigenvalue weighted by Crippen LogP contribution is -2.28. The summed E-state index contributed by atoms with van der Waals surface area (Å²) in [5, 5.41) is 9.25. The summed E-state index contributed by atoms with van der Waals surface area (Å²) in [7, 11) is 1.67. The Hall–Kier alpha value is -1.55. The second-order valence-electron chi connectivity index (χ2n) is 4.34. The van der Waals surface area contributed by atoms with E-state index in [1.807, 2.05) is 0 Å². The molecule has 0 heterocycles. The minimum absolute atomic E-state index is 0.000196. The van der Waals surface area contributed by atoms with Crippen molar-refractivity contribution in [3.05, 3.63) is 29.3 Å². The van der Waals surface area contributed by atoms with Gasteiger partial charge in [0.05, 0.1) is 0 Å². The summed E-state index contributed by atoms with van der Waals surface area (Å²) in [6, 6.07) is 6.92. The van der Waals surface area contributed by atoms with Crippen molar-refractivity contribution in [3.63, 3.8) is 0 Å². The molecule has 0 fully saturated rings. The molecule has 18 heavy (non-hydrogen) atoms. The highest BCUT2D eigenvalue weighted by Gasteiger charge is 2.16. The van der Waals surface area contributed by atoms with Crippen molar-refractivity contribution in [2.45, 2.75) is 19.8 Å². The van der Waals surface area contributed by atoms with Gasteiger partial charge < -0.3 is 10.0 Å². The van der Waals surface area contributed by atoms with Crippen LogP contribution in [0.4, 0.5) is 5.69 Å². The predicted molar refractivity (Wildman–Crippen MR) is 70.9 cm³/mol. The number of hydrogen-bond acceptors (Lipinski definition) is 2. The van der Waals surface area contributed by atoms with E-state index in [1.54, 1.807) is 38.2 Å². The van der Waals surface area contributed by atoms with E-state index in [9.17, 15) is 9.59 Å². The first-order valence-electron chi connectivity index (χ1n) is 5.64. The zero-order valence-corrected chi connectivity index (χ0v) is 11.1. The van der Waals surface area contributed by atoms with Crippen LogP contribution < -0.4 is 4.90 Å². The Balaban J connectivity index is 2.61. The van der Waals surface area contributed by atoms with Gasteiger partial charge in [-0.3, -0.25) is 9.59 Å². The van der Waals surface area contributed by atoms with Crippen LogP contribution in [0.5, 0.6) is 0 Å². The molecule has 5 heteroatoms. The largest absolute Gasteiger partial charge is 0.481 e. The Morgan fingerprint density at radius 1 is 1.28 bits per heavy atom. The average molecular weight is 270 g/mol. The maximum atomic E-state index is 11.9. The standard InChI is InChI=1S/C13H16ClNO3/c1-9(8-13(17)18)7-12(16)15(2)11-5-3-10(14)4-6-11/h3-6,9H,7-8H2,1-2H3,(H,17,18). The van der Waals surface area contributed by atoms with Crippen LogP contribution in [0.3, 0.4) is 0 Å². The highest BCUT2D eigenvalue weighted by atomic mass is 35.5. The van der Waals surface area contributed by atoms with Crippen LogP contribution in [0.2, 0.25) is 5.02 Å². The molecule has 0 aliphatic carbocycles. The molecule has 0 saturated carbocycles. The number of rotatable bonds is 5. The fourth-order valence-electron chi connectivity index (χ4n) is 1.61. The Labute approximate surface area is 111 Å². The molecular formula is C13H16ClNO3. The van der Waals surface area contributed by atoms with Crippen molar-refractivity contribution in [2.24, 2.45) is 5.92 Å². The summed E-state index contributed by atoms with van der Waals surface area (Å²) in [5.74, 6) is -1.17. The quantitative estimate of drug-likeness (QED) is 0.894. The molecule has 1 atom stereocenters. The van der Waals surface area contributed by atoms with Gasteiger partial charge in [0.1, 0.15) is 0 Å². The lowest BCUT2D eigenvalue weighted by Gasteiger charge is -2.19. The number of carbonyl (C=O) groups excluding carboxylic acids is 1. The SMILES string of the molecule is CC(CC(=O)O)CC(=O)N(C)c1ccc(Cl)cc1. The number of carbonyl (C=O) groups is 2.